The highest BCUT2D eigenvalue weighted by atomic mass is 16.5. The van der Waals surface area contributed by atoms with E-state index in [2.05, 4.69) is 0 Å². The minimum Gasteiger partial charge on any atom is -0.508 e. The number of esters is 1. The van der Waals surface area contributed by atoms with Gasteiger partial charge in [0.1, 0.15) is 87.0 Å². The lowest BCUT2D eigenvalue weighted by molar-refractivity contribution is -0.128. The monoisotopic (exact) mass is 1050 g/mol. The van der Waals surface area contributed by atoms with E-state index in [1.807, 2.05) is 0 Å². The summed E-state index contributed by atoms with van der Waals surface area (Å²) < 4.78 is 19.4. The summed E-state index contributed by atoms with van der Waals surface area (Å²) in [5.74, 6) is -4.21. The van der Waals surface area contributed by atoms with Gasteiger partial charge in [-0.25, -0.2) is 4.79 Å². The fraction of sp³-hybridized carbons (Fsp3) is 0.0923. The highest BCUT2D eigenvalue weighted by molar-refractivity contribution is 5.89. The van der Waals surface area contributed by atoms with Gasteiger partial charge in [-0.05, 0) is 147 Å². The zero-order valence-electron chi connectivity index (χ0n) is 41.5. The second kappa shape index (κ2) is 19.6. The van der Waals surface area contributed by atoms with Crippen LogP contribution in [0.5, 0.6) is 74.7 Å². The summed E-state index contributed by atoms with van der Waals surface area (Å²) >= 11 is 0. The number of hydrogen-bond acceptors (Lipinski definition) is 14. The highest BCUT2D eigenvalue weighted by Gasteiger charge is 2.48. The highest BCUT2D eigenvalue weighted by Crippen LogP contribution is 2.63. The number of fused-ring (bicyclic) bond motifs is 3. The molecule has 2 heterocycles. The van der Waals surface area contributed by atoms with Crippen LogP contribution in [0.4, 0.5) is 0 Å². The predicted octanol–water partition coefficient (Wildman–Crippen LogP) is 12.3. The van der Waals surface area contributed by atoms with Crippen LogP contribution in [0.2, 0.25) is 0 Å². The lowest BCUT2D eigenvalue weighted by atomic mass is 9.72. The van der Waals surface area contributed by atoms with Gasteiger partial charge in [0.05, 0.1) is 11.8 Å². The molecule has 3 aliphatic rings. The van der Waals surface area contributed by atoms with E-state index in [0.717, 1.165) is 0 Å². The minimum atomic E-state index is -0.913. The Hall–Kier alpha value is -10.5. The average molecular weight is 1050 g/mol. The van der Waals surface area contributed by atoms with E-state index in [0.29, 0.717) is 83.8 Å². The molecule has 0 saturated heterocycles. The Morgan fingerprint density at radius 2 is 0.886 bits per heavy atom. The van der Waals surface area contributed by atoms with Crippen LogP contribution in [-0.2, 0) is 4.79 Å². The van der Waals surface area contributed by atoms with Crippen molar-refractivity contribution >= 4 is 24.2 Å². The van der Waals surface area contributed by atoms with Gasteiger partial charge >= 0.3 is 5.97 Å². The SMILES string of the molecule is O=C(/C=C/c1ccc(O)cc1)Oc1cc(/C=C/c2ccc(O)c(C3c4cc(O)cc5c4C(c4cc(O)cc(O)c4C3c3ccc(O)cc3)C(c3ccc(O)cc3)O5)c2)c2c(c1)OC(c1ccc(O)cc1)C2c1cc(O)cc(O)c1. The summed E-state index contributed by atoms with van der Waals surface area (Å²) in [5, 5.41) is 110. The number of benzene rings is 9. The molecular weight excluding hydrogens is 1000 g/mol. The first kappa shape index (κ1) is 49.4. The first-order valence-electron chi connectivity index (χ1n) is 25.2. The molecule has 12 rings (SSSR count). The van der Waals surface area contributed by atoms with Crippen LogP contribution < -0.4 is 14.2 Å². The molecular formula is C65H48O14. The summed E-state index contributed by atoms with van der Waals surface area (Å²) in [6.45, 7) is 0. The standard InChI is InChI=1S/C65H48O14/c66-40-13-2-33(3-14-40)5-22-56(76)77-48-26-38(57-55(32-48)79-64(36-9-17-42(68)18-10-36)59(57)39-24-44(70)27-45(71)25-39)6-1-34-4-21-52(74)49(23-34)60-50-29-47(73)31-54-62(50)63(65(78-54)37-11-19-43(69)20-12-37)51-28-46(72)30-53(75)61(51)58(60)35-7-15-41(67)16-8-35/h1-32,58-60,63-75H/b6-1+,22-5+. The van der Waals surface area contributed by atoms with Crippen LogP contribution in [0.25, 0.3) is 18.2 Å². The molecule has 0 amide bonds. The second-order valence-corrected chi connectivity index (χ2v) is 19.9. The maximum Gasteiger partial charge on any atom is 0.336 e. The van der Waals surface area contributed by atoms with Crippen molar-refractivity contribution in [3.8, 4) is 74.7 Å². The average Bonchev–Trinajstić information content (AvgIpc) is 4.22. The summed E-state index contributed by atoms with van der Waals surface area (Å²) in [4.78, 5) is 13.5. The molecule has 1 aliphatic carbocycles. The Labute approximate surface area is 451 Å². The van der Waals surface area contributed by atoms with Gasteiger partial charge < -0.3 is 65.3 Å². The predicted molar refractivity (Wildman–Crippen MR) is 292 cm³/mol. The lowest BCUT2D eigenvalue weighted by Crippen LogP contribution is -2.16. The van der Waals surface area contributed by atoms with Crippen LogP contribution in [0.3, 0.4) is 0 Å². The van der Waals surface area contributed by atoms with Gasteiger partial charge in [-0.3, -0.25) is 0 Å². The molecule has 9 aromatic carbocycles. The van der Waals surface area contributed by atoms with Crippen molar-refractivity contribution in [1.29, 1.82) is 0 Å². The quantitative estimate of drug-likeness (QED) is 0.0265. The molecule has 0 saturated carbocycles. The van der Waals surface area contributed by atoms with Gasteiger partial charge in [0.15, 0.2) is 0 Å². The van der Waals surface area contributed by atoms with E-state index in [-0.39, 0.29) is 63.2 Å². The lowest BCUT2D eigenvalue weighted by Gasteiger charge is -2.31. The van der Waals surface area contributed by atoms with E-state index >= 15 is 0 Å². The summed E-state index contributed by atoms with van der Waals surface area (Å²) in [6, 6.07) is 44.1. The van der Waals surface area contributed by atoms with E-state index in [1.54, 1.807) is 97.1 Å². The van der Waals surface area contributed by atoms with Crippen molar-refractivity contribution in [3.05, 3.63) is 248 Å². The number of phenolic OH excluding ortho intramolecular Hbond substituents is 10. The van der Waals surface area contributed by atoms with Crippen LogP contribution in [0.1, 0.15) is 108 Å². The number of phenols is 10. The number of carbonyl (C=O) groups excluding carboxylic acids is 1. The molecule has 6 atom stereocenters. The van der Waals surface area contributed by atoms with Crippen LogP contribution in [0, 0.1) is 0 Å². The molecule has 0 fully saturated rings. The van der Waals surface area contributed by atoms with E-state index in [9.17, 15) is 55.9 Å². The van der Waals surface area contributed by atoms with Crippen molar-refractivity contribution in [1.82, 2.24) is 0 Å². The third kappa shape index (κ3) is 9.31. The number of rotatable bonds is 10. The van der Waals surface area contributed by atoms with Crippen LogP contribution >= 0.6 is 0 Å². The molecule has 2 aliphatic heterocycles. The molecule has 9 aromatic rings. The van der Waals surface area contributed by atoms with Gasteiger partial charge in [-0.1, -0.05) is 66.7 Å². The molecule has 392 valence electrons. The Morgan fingerprint density at radius 1 is 0.367 bits per heavy atom. The fourth-order valence-corrected chi connectivity index (χ4v) is 11.6. The summed E-state index contributed by atoms with van der Waals surface area (Å²) in [6.07, 6.45) is 4.78. The van der Waals surface area contributed by atoms with E-state index in [4.69, 9.17) is 14.2 Å². The Morgan fingerprint density at radius 3 is 1.51 bits per heavy atom. The smallest absolute Gasteiger partial charge is 0.336 e. The van der Waals surface area contributed by atoms with Crippen molar-refractivity contribution in [2.75, 3.05) is 0 Å². The molecule has 14 nitrogen and oxygen atoms in total. The molecule has 0 bridgehead atoms. The number of hydrogen-bond donors (Lipinski definition) is 10. The van der Waals surface area contributed by atoms with E-state index in [1.165, 1.54) is 97.1 Å². The van der Waals surface area contributed by atoms with Gasteiger partial charge in [-0.2, -0.15) is 0 Å². The van der Waals surface area contributed by atoms with Gasteiger partial charge in [0.25, 0.3) is 0 Å². The zero-order chi connectivity index (χ0) is 54.8. The maximum atomic E-state index is 13.5. The molecule has 6 unspecified atom stereocenters. The summed E-state index contributed by atoms with van der Waals surface area (Å²) in [5.41, 5.74) is 7.08. The normalized spacial score (nSPS) is 18.8. The maximum absolute atomic E-state index is 13.5. The van der Waals surface area contributed by atoms with Crippen LogP contribution in [-0.4, -0.2) is 57.0 Å². The van der Waals surface area contributed by atoms with Crippen molar-refractivity contribution in [2.24, 2.45) is 0 Å². The third-order valence-corrected chi connectivity index (χ3v) is 14.9. The topological polar surface area (TPSA) is 247 Å². The molecule has 79 heavy (non-hydrogen) atoms. The fourth-order valence-electron chi connectivity index (χ4n) is 11.6. The molecule has 0 radical (unpaired) electrons. The molecule has 10 N–H and O–H groups in total. The Kier molecular flexibility index (Phi) is 12.3. The van der Waals surface area contributed by atoms with Crippen molar-refractivity contribution in [3.63, 3.8) is 0 Å². The zero-order valence-corrected chi connectivity index (χ0v) is 41.5. The molecule has 0 aromatic heterocycles. The van der Waals surface area contributed by atoms with Crippen molar-refractivity contribution in [2.45, 2.75) is 35.9 Å². The van der Waals surface area contributed by atoms with E-state index < -0.39 is 41.8 Å². The number of ether oxygens (including phenoxy) is 3. The van der Waals surface area contributed by atoms with Crippen molar-refractivity contribution < 1.29 is 70.1 Å². The van der Waals surface area contributed by atoms with Crippen LogP contribution in [0.15, 0.2) is 176 Å². The molecule has 0 spiro atoms. The first-order chi connectivity index (χ1) is 38.1. The number of aromatic hydroxyl groups is 10. The van der Waals surface area contributed by atoms with Gasteiger partial charge in [-0.15, -0.1) is 0 Å². The summed E-state index contributed by atoms with van der Waals surface area (Å²) in [7, 11) is 0. The Bertz CT molecular complexity index is 3900. The van der Waals surface area contributed by atoms with Gasteiger partial charge in [0.2, 0.25) is 0 Å². The largest absolute Gasteiger partial charge is 0.508 e. The number of carbonyl (C=O) groups is 1. The third-order valence-electron chi connectivity index (χ3n) is 14.9. The second-order valence-electron chi connectivity index (χ2n) is 19.9. The first-order valence-corrected chi connectivity index (χ1v) is 25.2. The Balaban J connectivity index is 1.03. The molecule has 14 heteroatoms. The minimum absolute atomic E-state index is 0.0158. The van der Waals surface area contributed by atoms with Gasteiger partial charge in [0, 0.05) is 64.4 Å².